The van der Waals surface area contributed by atoms with Gasteiger partial charge in [0.25, 0.3) is 0 Å². The Morgan fingerprint density at radius 3 is 2.55 bits per heavy atom. The van der Waals surface area contributed by atoms with Crippen molar-refractivity contribution < 1.29 is 19.1 Å². The number of nitrogens with zero attached hydrogens (tertiary/aromatic N) is 1. The van der Waals surface area contributed by atoms with Crippen molar-refractivity contribution in [2.75, 3.05) is 18.2 Å². The molecule has 2 N–H and O–H groups in total. The molecule has 11 heteroatoms. The van der Waals surface area contributed by atoms with Gasteiger partial charge in [-0.1, -0.05) is 63.0 Å². The first-order chi connectivity index (χ1) is 15.7. The zero-order chi connectivity index (χ0) is 24.1. The number of allylic oxidation sites excluding steroid dienone is 1. The van der Waals surface area contributed by atoms with Crippen LogP contribution in [0.5, 0.6) is 0 Å². The molecule has 1 aliphatic heterocycles. The summed E-state index contributed by atoms with van der Waals surface area (Å²) in [5, 5.41) is 16.1. The van der Waals surface area contributed by atoms with Crippen LogP contribution in [0.1, 0.15) is 11.5 Å². The zero-order valence-corrected chi connectivity index (χ0v) is 20.9. The number of nitrogens with one attached hydrogen (secondary N) is 2. The molecule has 170 valence electrons. The van der Waals surface area contributed by atoms with Crippen LogP contribution in [0.4, 0.5) is 5.69 Å². The highest BCUT2D eigenvalue weighted by molar-refractivity contribution is 9.10. The Labute approximate surface area is 212 Å². The molecular weight excluding hydrogens is 553 g/mol. The number of esters is 1. The molecule has 0 saturated heterocycles. The van der Waals surface area contributed by atoms with Crippen molar-refractivity contribution in [3.8, 4) is 6.07 Å². The van der Waals surface area contributed by atoms with Gasteiger partial charge in [-0.05, 0) is 35.9 Å². The first kappa shape index (κ1) is 25.1. The van der Waals surface area contributed by atoms with Crippen molar-refractivity contribution in [1.29, 1.82) is 5.26 Å². The largest absolute Gasteiger partial charge is 0.468 e. The van der Waals surface area contributed by atoms with Gasteiger partial charge < -0.3 is 15.4 Å². The predicted molar refractivity (Wildman–Crippen MR) is 131 cm³/mol. The summed E-state index contributed by atoms with van der Waals surface area (Å²) >= 11 is 16.3. The maximum Gasteiger partial charge on any atom is 0.319 e. The van der Waals surface area contributed by atoms with Crippen LogP contribution >= 0.6 is 50.9 Å². The molecule has 0 bridgehead atoms. The highest BCUT2D eigenvalue weighted by Crippen LogP contribution is 2.40. The van der Waals surface area contributed by atoms with Gasteiger partial charge in [0.2, 0.25) is 11.8 Å². The van der Waals surface area contributed by atoms with E-state index in [1.807, 2.05) is 0 Å². The summed E-state index contributed by atoms with van der Waals surface area (Å²) in [5.41, 5.74) is 1.16. The van der Waals surface area contributed by atoms with Gasteiger partial charge in [0.05, 0.1) is 29.5 Å². The van der Waals surface area contributed by atoms with Gasteiger partial charge in [-0.3, -0.25) is 14.4 Å². The zero-order valence-electron chi connectivity index (χ0n) is 17.0. The maximum atomic E-state index is 12.8. The topological polar surface area (TPSA) is 108 Å². The summed E-state index contributed by atoms with van der Waals surface area (Å²) in [4.78, 5) is 37.7. The van der Waals surface area contributed by atoms with Crippen LogP contribution in [-0.4, -0.2) is 30.6 Å². The monoisotopic (exact) mass is 567 g/mol. The minimum absolute atomic E-state index is 0.112. The molecule has 7 nitrogen and oxygen atoms in total. The van der Waals surface area contributed by atoms with Crippen molar-refractivity contribution in [3.63, 3.8) is 0 Å². The Morgan fingerprint density at radius 1 is 1.24 bits per heavy atom. The molecule has 2 amide bonds. The fraction of sp³-hybridized carbons (Fsp3) is 0.182. The molecule has 0 saturated carbocycles. The number of thioether (sulfide) groups is 1. The van der Waals surface area contributed by atoms with Gasteiger partial charge >= 0.3 is 5.97 Å². The molecule has 0 radical (unpaired) electrons. The number of rotatable bonds is 6. The quantitative estimate of drug-likeness (QED) is 0.380. The number of nitriles is 1. The van der Waals surface area contributed by atoms with Crippen LogP contribution in [0.15, 0.2) is 57.5 Å². The van der Waals surface area contributed by atoms with E-state index in [0.717, 1.165) is 16.2 Å². The van der Waals surface area contributed by atoms with Crippen LogP contribution in [0.3, 0.4) is 0 Å². The second-order valence-corrected chi connectivity index (χ2v) is 9.65. The van der Waals surface area contributed by atoms with Gasteiger partial charge in [0.1, 0.15) is 5.92 Å². The number of carbonyl (C=O) groups is 3. The van der Waals surface area contributed by atoms with E-state index in [9.17, 15) is 19.6 Å². The fourth-order valence-electron chi connectivity index (χ4n) is 3.34. The average Bonchev–Trinajstić information content (AvgIpc) is 2.75. The number of anilines is 1. The second-order valence-electron chi connectivity index (χ2n) is 6.87. The van der Waals surface area contributed by atoms with E-state index in [4.69, 9.17) is 27.9 Å². The maximum absolute atomic E-state index is 12.8. The number of carbonyl (C=O) groups excluding carboxylic acids is 3. The van der Waals surface area contributed by atoms with Crippen LogP contribution in [0.25, 0.3) is 0 Å². The van der Waals surface area contributed by atoms with E-state index < -0.39 is 29.6 Å². The van der Waals surface area contributed by atoms with Crippen LogP contribution in [0, 0.1) is 17.2 Å². The van der Waals surface area contributed by atoms with Crippen molar-refractivity contribution in [1.82, 2.24) is 5.32 Å². The molecule has 0 aliphatic carbocycles. The van der Waals surface area contributed by atoms with E-state index in [-0.39, 0.29) is 16.4 Å². The number of hydrogen-bond donors (Lipinski definition) is 2. The average molecular weight is 569 g/mol. The number of halogens is 3. The van der Waals surface area contributed by atoms with E-state index in [1.54, 1.807) is 36.4 Å². The first-order valence-corrected chi connectivity index (χ1v) is 11.9. The predicted octanol–water partition coefficient (Wildman–Crippen LogP) is 4.87. The molecule has 0 unspecified atom stereocenters. The summed E-state index contributed by atoms with van der Waals surface area (Å²) < 4.78 is 5.54. The third-order valence-electron chi connectivity index (χ3n) is 4.69. The molecule has 33 heavy (non-hydrogen) atoms. The minimum atomic E-state index is -1.24. The van der Waals surface area contributed by atoms with Gasteiger partial charge in [-0.25, -0.2) is 0 Å². The van der Waals surface area contributed by atoms with Crippen molar-refractivity contribution in [2.45, 2.75) is 5.92 Å². The van der Waals surface area contributed by atoms with Gasteiger partial charge in [0, 0.05) is 26.1 Å². The lowest BCUT2D eigenvalue weighted by Crippen LogP contribution is -2.44. The lowest BCUT2D eigenvalue weighted by atomic mass is 9.78. The molecule has 2 aromatic carbocycles. The van der Waals surface area contributed by atoms with Gasteiger partial charge in [-0.15, -0.1) is 0 Å². The Morgan fingerprint density at radius 2 is 1.94 bits per heavy atom. The molecule has 1 aliphatic rings. The lowest BCUT2D eigenvalue weighted by molar-refractivity contribution is -0.150. The second kappa shape index (κ2) is 11.1. The molecule has 0 spiro atoms. The minimum Gasteiger partial charge on any atom is -0.468 e. The van der Waals surface area contributed by atoms with E-state index in [1.165, 1.54) is 13.2 Å². The molecule has 2 aromatic rings. The Kier molecular flexibility index (Phi) is 8.43. The number of amides is 2. The highest BCUT2D eigenvalue weighted by Gasteiger charge is 2.44. The smallest absolute Gasteiger partial charge is 0.319 e. The molecule has 1 heterocycles. The highest BCUT2D eigenvalue weighted by atomic mass is 79.9. The SMILES string of the molecule is COC(=O)[C@H]1C(=O)NC(SCC(=O)Nc2cc(Cl)cc(Cl)c2)=C(C#N)[C@H]1c1cccc(Br)c1. The van der Waals surface area contributed by atoms with Gasteiger partial charge in [0.15, 0.2) is 0 Å². The van der Waals surface area contributed by atoms with Crippen molar-refractivity contribution in [3.05, 3.63) is 73.1 Å². The molecule has 3 rings (SSSR count). The molecular formula is C22H16BrCl2N3O4S. The molecule has 0 aromatic heterocycles. The normalized spacial score (nSPS) is 17.7. The third-order valence-corrected chi connectivity index (χ3v) is 6.63. The van der Waals surface area contributed by atoms with E-state index >= 15 is 0 Å². The number of benzene rings is 2. The Hall–Kier alpha value is -2.51. The fourth-order valence-corrected chi connectivity index (χ4v) is 5.13. The van der Waals surface area contributed by atoms with Gasteiger partial charge in [-0.2, -0.15) is 5.26 Å². The number of methoxy groups -OCH3 is 1. The number of hydrogen-bond acceptors (Lipinski definition) is 6. The van der Waals surface area contributed by atoms with Crippen molar-refractivity contribution >= 4 is 74.4 Å². The standard InChI is InChI=1S/C22H16BrCl2N3O4S/c1-32-22(31)19-18(11-3-2-4-12(23)5-11)16(9-26)21(28-20(19)30)33-10-17(29)27-15-7-13(24)6-14(25)8-15/h2-8,18-19H,10H2,1H3,(H,27,29)(H,28,30)/t18-,19-/m1/s1. The summed E-state index contributed by atoms with van der Waals surface area (Å²) in [6.07, 6.45) is 0. The summed E-state index contributed by atoms with van der Waals surface area (Å²) in [6, 6.07) is 13.7. The van der Waals surface area contributed by atoms with Crippen molar-refractivity contribution in [2.24, 2.45) is 5.92 Å². The summed E-state index contributed by atoms with van der Waals surface area (Å²) in [7, 11) is 1.18. The van der Waals surface area contributed by atoms with Crippen LogP contribution in [-0.2, 0) is 19.1 Å². The summed E-state index contributed by atoms with van der Waals surface area (Å²) in [5.74, 6) is -4.00. The Balaban J connectivity index is 1.89. The molecule has 2 atom stereocenters. The third kappa shape index (κ3) is 6.09. The first-order valence-electron chi connectivity index (χ1n) is 9.40. The van der Waals surface area contributed by atoms with Crippen LogP contribution < -0.4 is 10.6 Å². The Bertz CT molecular complexity index is 1180. The van der Waals surface area contributed by atoms with Crippen LogP contribution in [0.2, 0.25) is 10.0 Å². The lowest BCUT2D eigenvalue weighted by Gasteiger charge is -2.31. The number of ether oxygens (including phenoxy) is 1. The summed E-state index contributed by atoms with van der Waals surface area (Å²) in [6.45, 7) is 0. The van der Waals surface area contributed by atoms with E-state index in [2.05, 4.69) is 32.6 Å². The van der Waals surface area contributed by atoms with E-state index in [0.29, 0.717) is 21.3 Å². The molecule has 0 fully saturated rings.